The standard InChI is InChI=1S/C18H20ClN5O3/c1-2-27-9-5-8-20-16(25)11-23-12-21-17-13(18(23)26)10-22-24(17)15-7-4-3-6-14(15)19/h3-4,6-7,10,12H,2,5,8-9,11H2,1H3,(H,20,25). The zero-order chi connectivity index (χ0) is 19.2. The van der Waals surface area contributed by atoms with Crippen molar-refractivity contribution in [1.82, 2.24) is 24.6 Å². The molecule has 9 heteroatoms. The van der Waals surface area contributed by atoms with Crippen LogP contribution in [0.2, 0.25) is 5.02 Å². The average Bonchev–Trinajstić information content (AvgIpc) is 3.09. The fourth-order valence-electron chi connectivity index (χ4n) is 2.62. The Labute approximate surface area is 160 Å². The van der Waals surface area contributed by atoms with Crippen molar-refractivity contribution in [2.45, 2.75) is 19.9 Å². The number of nitrogens with one attached hydrogen (secondary N) is 1. The molecule has 0 radical (unpaired) electrons. The number of benzene rings is 1. The van der Waals surface area contributed by atoms with Crippen LogP contribution in [0.4, 0.5) is 0 Å². The Morgan fingerprint density at radius 1 is 1.33 bits per heavy atom. The molecule has 0 aliphatic heterocycles. The van der Waals surface area contributed by atoms with Crippen LogP contribution in [-0.4, -0.2) is 45.0 Å². The smallest absolute Gasteiger partial charge is 0.264 e. The lowest BCUT2D eigenvalue weighted by Gasteiger charge is -2.08. The highest BCUT2D eigenvalue weighted by Gasteiger charge is 2.14. The Morgan fingerprint density at radius 3 is 2.93 bits per heavy atom. The van der Waals surface area contributed by atoms with E-state index in [0.717, 1.165) is 6.42 Å². The summed E-state index contributed by atoms with van der Waals surface area (Å²) in [7, 11) is 0. The maximum atomic E-state index is 12.6. The molecular weight excluding hydrogens is 370 g/mol. The van der Waals surface area contributed by atoms with Crippen molar-refractivity contribution in [2.24, 2.45) is 0 Å². The maximum absolute atomic E-state index is 12.6. The predicted molar refractivity (Wildman–Crippen MR) is 102 cm³/mol. The minimum Gasteiger partial charge on any atom is -0.382 e. The number of carbonyl (C=O) groups is 1. The van der Waals surface area contributed by atoms with Crippen LogP contribution in [0.5, 0.6) is 0 Å². The SMILES string of the molecule is CCOCCCNC(=O)Cn1cnc2c(cnn2-c2ccccc2Cl)c1=O. The van der Waals surface area contributed by atoms with E-state index in [0.29, 0.717) is 41.5 Å². The molecule has 0 saturated heterocycles. The third-order valence-electron chi connectivity index (χ3n) is 3.94. The molecule has 0 fully saturated rings. The molecule has 1 amide bonds. The van der Waals surface area contributed by atoms with E-state index in [-0.39, 0.29) is 18.0 Å². The van der Waals surface area contributed by atoms with Crippen LogP contribution >= 0.6 is 11.6 Å². The predicted octanol–water partition coefficient (Wildman–Crippen LogP) is 1.78. The second-order valence-electron chi connectivity index (χ2n) is 5.82. The molecule has 0 unspecified atom stereocenters. The van der Waals surface area contributed by atoms with Crippen LogP contribution in [-0.2, 0) is 16.1 Å². The van der Waals surface area contributed by atoms with Crippen LogP contribution in [0.1, 0.15) is 13.3 Å². The van der Waals surface area contributed by atoms with Gasteiger partial charge in [-0.2, -0.15) is 5.10 Å². The number of fused-ring (bicyclic) bond motifs is 1. The molecule has 2 aromatic heterocycles. The Kier molecular flexibility index (Phi) is 6.20. The Bertz CT molecular complexity index is 998. The fourth-order valence-corrected chi connectivity index (χ4v) is 2.83. The third kappa shape index (κ3) is 4.35. The summed E-state index contributed by atoms with van der Waals surface area (Å²) < 4.78 is 7.99. The number of rotatable bonds is 8. The van der Waals surface area contributed by atoms with Crippen LogP contribution in [0.15, 0.2) is 41.6 Å². The van der Waals surface area contributed by atoms with E-state index in [1.54, 1.807) is 12.1 Å². The van der Waals surface area contributed by atoms with Crippen LogP contribution in [0, 0.1) is 0 Å². The summed E-state index contributed by atoms with van der Waals surface area (Å²) >= 11 is 6.20. The molecule has 2 heterocycles. The molecule has 8 nitrogen and oxygen atoms in total. The van der Waals surface area contributed by atoms with Crippen molar-refractivity contribution in [1.29, 1.82) is 0 Å². The van der Waals surface area contributed by atoms with Gasteiger partial charge < -0.3 is 10.1 Å². The van der Waals surface area contributed by atoms with Gasteiger partial charge in [0.2, 0.25) is 5.91 Å². The topological polar surface area (TPSA) is 91.0 Å². The zero-order valence-corrected chi connectivity index (χ0v) is 15.6. The van der Waals surface area contributed by atoms with Gasteiger partial charge in [0.15, 0.2) is 5.65 Å². The second-order valence-corrected chi connectivity index (χ2v) is 6.23. The van der Waals surface area contributed by atoms with Crippen molar-refractivity contribution in [3.8, 4) is 5.69 Å². The number of amides is 1. The maximum Gasteiger partial charge on any atom is 0.264 e. The van der Waals surface area contributed by atoms with Crippen LogP contribution in [0.3, 0.4) is 0 Å². The van der Waals surface area contributed by atoms with Gasteiger partial charge in [-0.25, -0.2) is 9.67 Å². The molecule has 3 rings (SSSR count). The summed E-state index contributed by atoms with van der Waals surface area (Å²) in [6.07, 6.45) is 3.50. The Hall–Kier alpha value is -2.71. The van der Waals surface area contributed by atoms with E-state index in [1.807, 2.05) is 19.1 Å². The van der Waals surface area contributed by atoms with E-state index in [2.05, 4.69) is 15.4 Å². The van der Waals surface area contributed by atoms with Crippen molar-refractivity contribution in [3.63, 3.8) is 0 Å². The molecule has 3 aromatic rings. The lowest BCUT2D eigenvalue weighted by molar-refractivity contribution is -0.121. The number of halogens is 1. The Morgan fingerprint density at radius 2 is 2.15 bits per heavy atom. The number of nitrogens with zero attached hydrogens (tertiary/aromatic N) is 4. The monoisotopic (exact) mass is 389 g/mol. The molecule has 0 saturated carbocycles. The minimum atomic E-state index is -0.331. The number of hydrogen-bond donors (Lipinski definition) is 1. The van der Waals surface area contributed by atoms with E-state index in [4.69, 9.17) is 16.3 Å². The molecule has 27 heavy (non-hydrogen) atoms. The van der Waals surface area contributed by atoms with Gasteiger partial charge in [0, 0.05) is 19.8 Å². The van der Waals surface area contributed by atoms with Crippen molar-refractivity contribution in [2.75, 3.05) is 19.8 Å². The highest BCUT2D eigenvalue weighted by Crippen LogP contribution is 2.21. The summed E-state index contributed by atoms with van der Waals surface area (Å²) in [5, 5.41) is 7.81. The highest BCUT2D eigenvalue weighted by atomic mass is 35.5. The molecule has 0 atom stereocenters. The largest absolute Gasteiger partial charge is 0.382 e. The molecule has 0 bridgehead atoms. The van der Waals surface area contributed by atoms with E-state index < -0.39 is 0 Å². The van der Waals surface area contributed by atoms with Crippen molar-refractivity contribution < 1.29 is 9.53 Å². The second kappa shape index (κ2) is 8.79. The average molecular weight is 390 g/mol. The summed E-state index contributed by atoms with van der Waals surface area (Å²) in [6, 6.07) is 7.16. The summed E-state index contributed by atoms with van der Waals surface area (Å²) in [6.45, 7) is 3.55. The van der Waals surface area contributed by atoms with Gasteiger partial charge in [-0.15, -0.1) is 0 Å². The molecule has 142 valence electrons. The van der Waals surface area contributed by atoms with Crippen LogP contribution < -0.4 is 10.9 Å². The number of para-hydroxylation sites is 1. The zero-order valence-electron chi connectivity index (χ0n) is 14.9. The lowest BCUT2D eigenvalue weighted by Crippen LogP contribution is -2.33. The molecule has 0 aliphatic rings. The molecular formula is C18H20ClN5O3. The summed E-state index contributed by atoms with van der Waals surface area (Å²) in [5.74, 6) is -0.256. The molecule has 1 N–H and O–H groups in total. The van der Waals surface area contributed by atoms with Gasteiger partial charge in [0.1, 0.15) is 18.3 Å². The van der Waals surface area contributed by atoms with Gasteiger partial charge in [-0.1, -0.05) is 23.7 Å². The fraction of sp³-hybridized carbons (Fsp3) is 0.333. The molecule has 1 aromatic carbocycles. The molecule has 0 aliphatic carbocycles. The minimum absolute atomic E-state index is 0.103. The highest BCUT2D eigenvalue weighted by molar-refractivity contribution is 6.32. The first-order chi connectivity index (χ1) is 13.1. The van der Waals surface area contributed by atoms with Crippen LogP contribution in [0.25, 0.3) is 16.7 Å². The van der Waals surface area contributed by atoms with E-state index in [1.165, 1.54) is 21.8 Å². The van der Waals surface area contributed by atoms with Crippen molar-refractivity contribution >= 4 is 28.5 Å². The third-order valence-corrected chi connectivity index (χ3v) is 4.26. The number of carbonyl (C=O) groups excluding carboxylic acids is 1. The number of hydrogen-bond acceptors (Lipinski definition) is 5. The van der Waals surface area contributed by atoms with E-state index >= 15 is 0 Å². The number of aromatic nitrogens is 4. The van der Waals surface area contributed by atoms with Gasteiger partial charge in [0.05, 0.1) is 16.9 Å². The van der Waals surface area contributed by atoms with Crippen molar-refractivity contribution in [3.05, 3.63) is 52.2 Å². The first kappa shape index (κ1) is 19.1. The number of ether oxygens (including phenoxy) is 1. The summed E-state index contributed by atoms with van der Waals surface area (Å²) in [5.41, 5.74) is 0.690. The van der Waals surface area contributed by atoms with Gasteiger partial charge in [0.25, 0.3) is 5.56 Å². The summed E-state index contributed by atoms with van der Waals surface area (Å²) in [4.78, 5) is 29.0. The first-order valence-electron chi connectivity index (χ1n) is 8.64. The lowest BCUT2D eigenvalue weighted by atomic mass is 10.3. The molecule has 0 spiro atoms. The van der Waals surface area contributed by atoms with Gasteiger partial charge in [-0.3, -0.25) is 14.2 Å². The normalized spacial score (nSPS) is 11.0. The first-order valence-corrected chi connectivity index (χ1v) is 9.02. The quantitative estimate of drug-likeness (QED) is 0.593. The van der Waals surface area contributed by atoms with Gasteiger partial charge in [-0.05, 0) is 25.5 Å². The van der Waals surface area contributed by atoms with Gasteiger partial charge >= 0.3 is 0 Å². The Balaban J connectivity index is 1.76. The van der Waals surface area contributed by atoms with E-state index in [9.17, 15) is 9.59 Å².